The predicted molar refractivity (Wildman–Crippen MR) is 511 cm³/mol. The van der Waals surface area contributed by atoms with Crippen LogP contribution in [0.5, 0.6) is 23.0 Å². The Morgan fingerprint density at radius 2 is 0.448 bits per heavy atom. The topological polar surface area (TPSA) is 173 Å². The van der Waals surface area contributed by atoms with Crippen molar-refractivity contribution < 1.29 is 57.3 Å². The molecule has 694 valence electrons. The van der Waals surface area contributed by atoms with Crippen molar-refractivity contribution in [3.8, 4) is 23.0 Å². The van der Waals surface area contributed by atoms with E-state index in [2.05, 4.69) is 152 Å². The van der Waals surface area contributed by atoms with E-state index in [0.29, 0.717) is 122 Å². The van der Waals surface area contributed by atoms with Crippen LogP contribution < -0.4 is 18.9 Å². The molecule has 0 heterocycles. The van der Waals surface area contributed by atoms with Gasteiger partial charge in [0.05, 0.1) is 50.1 Å². The largest absolute Gasteiger partial charge is 0.494 e. The minimum absolute atomic E-state index is 0.211. The van der Waals surface area contributed by atoms with Gasteiger partial charge < -0.3 is 18.9 Å². The molecule has 8 aliphatic carbocycles. The molecule has 4 aromatic rings. The van der Waals surface area contributed by atoms with Crippen molar-refractivity contribution in [2.24, 2.45) is 71.0 Å². The number of hydrogen-bond acceptors (Lipinski definition) is 12. The average molecular weight is 1720 g/mol. The zero-order valence-electron chi connectivity index (χ0n) is 79.7. The van der Waals surface area contributed by atoms with Crippen molar-refractivity contribution in [1.82, 2.24) is 0 Å². The number of ether oxygens (including phenoxy) is 4. The lowest BCUT2D eigenvalue weighted by molar-refractivity contribution is -0.137. The number of Topliss-reactive ketones (excluding diaryl/α,β-unsaturated/α-hetero) is 8. The fourth-order valence-corrected chi connectivity index (χ4v) is 22.1. The van der Waals surface area contributed by atoms with Gasteiger partial charge in [0.25, 0.3) is 0 Å². The van der Waals surface area contributed by atoms with Crippen molar-refractivity contribution in [1.29, 1.82) is 0 Å². The van der Waals surface area contributed by atoms with Gasteiger partial charge in [-0.25, -0.2) is 0 Å². The first-order valence-corrected chi connectivity index (χ1v) is 52.0. The van der Waals surface area contributed by atoms with Crippen LogP contribution in [0.4, 0.5) is 0 Å². The summed E-state index contributed by atoms with van der Waals surface area (Å²) in [6.07, 6.45) is 55.2. The van der Waals surface area contributed by atoms with Crippen molar-refractivity contribution >= 4 is 46.3 Å². The molecule has 8 unspecified atom stereocenters. The molecule has 8 atom stereocenters. The second kappa shape index (κ2) is 57.5. The molecule has 4 aromatic carbocycles. The highest BCUT2D eigenvalue weighted by atomic mass is 16.5. The number of benzene rings is 4. The van der Waals surface area contributed by atoms with Gasteiger partial charge in [0.2, 0.25) is 0 Å². The van der Waals surface area contributed by atoms with Gasteiger partial charge >= 0.3 is 0 Å². The van der Waals surface area contributed by atoms with Crippen LogP contribution in [0.1, 0.15) is 442 Å². The van der Waals surface area contributed by atoms with Crippen LogP contribution in [-0.2, 0) is 38.4 Å². The van der Waals surface area contributed by atoms with E-state index in [1.165, 1.54) is 80.0 Å². The summed E-state index contributed by atoms with van der Waals surface area (Å²) in [7, 11) is 0. The minimum atomic E-state index is -0.297. The number of carbonyl (C=O) groups is 8. The summed E-state index contributed by atoms with van der Waals surface area (Å²) >= 11 is 0. The summed E-state index contributed by atoms with van der Waals surface area (Å²) in [5.74, 6) is 10.8. The maximum Gasteiger partial charge on any atom is 0.143 e. The molecule has 125 heavy (non-hydrogen) atoms. The zero-order valence-corrected chi connectivity index (χ0v) is 79.7. The Balaban J connectivity index is 0.000000189. The fourth-order valence-electron chi connectivity index (χ4n) is 22.1. The number of hydrogen-bond donors (Lipinski definition) is 0. The van der Waals surface area contributed by atoms with Gasteiger partial charge in [-0.3, -0.25) is 38.4 Å². The van der Waals surface area contributed by atoms with Gasteiger partial charge in [-0.1, -0.05) is 213 Å². The Morgan fingerprint density at radius 1 is 0.232 bits per heavy atom. The summed E-state index contributed by atoms with van der Waals surface area (Å²) in [6.45, 7) is 20.6. The highest BCUT2D eigenvalue weighted by Crippen LogP contribution is 2.45. The Bertz CT molecular complexity index is 3730. The van der Waals surface area contributed by atoms with Gasteiger partial charge in [0.15, 0.2) is 0 Å². The second-order valence-corrected chi connectivity index (χ2v) is 40.2. The molecule has 8 saturated carbocycles. The monoisotopic (exact) mass is 1720 g/mol. The first-order valence-electron chi connectivity index (χ1n) is 52.0. The average Bonchev–Trinajstić information content (AvgIpc) is 0.846. The minimum Gasteiger partial charge on any atom is -0.494 e. The molecular weight excluding hydrogens is 1550 g/mol. The summed E-state index contributed by atoms with van der Waals surface area (Å²) in [5, 5.41) is 0. The first kappa shape index (κ1) is 102. The molecule has 0 N–H and O–H groups in total. The Labute approximate surface area is 758 Å². The molecule has 0 spiro atoms. The lowest BCUT2D eigenvalue weighted by Crippen LogP contribution is -2.32. The maximum absolute atomic E-state index is 13.0. The Hall–Kier alpha value is -6.56. The van der Waals surface area contributed by atoms with Crippen LogP contribution in [0.3, 0.4) is 0 Å². The van der Waals surface area contributed by atoms with E-state index in [4.69, 9.17) is 18.9 Å². The van der Waals surface area contributed by atoms with E-state index in [9.17, 15) is 38.4 Å². The van der Waals surface area contributed by atoms with Crippen molar-refractivity contribution in [2.75, 3.05) is 26.4 Å². The number of carbonyl (C=O) groups excluding carboxylic acids is 8. The Kier molecular flexibility index (Phi) is 47.0. The summed E-state index contributed by atoms with van der Waals surface area (Å²) in [4.78, 5) is 102. The summed E-state index contributed by atoms with van der Waals surface area (Å²) in [5.41, 5.74) is 5.59. The van der Waals surface area contributed by atoms with Crippen LogP contribution in [0.2, 0.25) is 0 Å². The van der Waals surface area contributed by atoms with Gasteiger partial charge in [0.1, 0.15) is 69.3 Å². The quantitative estimate of drug-likeness (QED) is 0.0303. The Morgan fingerprint density at radius 3 is 0.688 bits per heavy atom. The van der Waals surface area contributed by atoms with Gasteiger partial charge in [-0.15, -0.1) is 0 Å². The van der Waals surface area contributed by atoms with Gasteiger partial charge in [-0.05, 0) is 322 Å². The third-order valence-corrected chi connectivity index (χ3v) is 30.5. The second-order valence-electron chi connectivity index (χ2n) is 40.2. The van der Waals surface area contributed by atoms with E-state index in [1.54, 1.807) is 0 Å². The molecule has 0 saturated heterocycles. The highest BCUT2D eigenvalue weighted by Gasteiger charge is 2.40. The van der Waals surface area contributed by atoms with Crippen LogP contribution in [0, 0.1) is 71.0 Å². The van der Waals surface area contributed by atoms with Crippen LogP contribution >= 0.6 is 0 Å². The molecule has 8 aliphatic rings. The van der Waals surface area contributed by atoms with Gasteiger partial charge in [0, 0.05) is 51.4 Å². The van der Waals surface area contributed by atoms with E-state index in [-0.39, 0.29) is 69.9 Å². The van der Waals surface area contributed by atoms with Crippen LogP contribution in [-0.4, -0.2) is 72.7 Å². The molecule has 0 bridgehead atoms. The molecule has 0 aliphatic heterocycles. The molecule has 0 aromatic heterocycles. The lowest BCUT2D eigenvalue weighted by Gasteiger charge is -2.31. The van der Waals surface area contributed by atoms with E-state index < -0.39 is 0 Å². The molecular formula is C113H170O12. The lowest BCUT2D eigenvalue weighted by atomic mass is 9.73. The molecule has 12 nitrogen and oxygen atoms in total. The van der Waals surface area contributed by atoms with Gasteiger partial charge in [-0.2, -0.15) is 0 Å². The van der Waals surface area contributed by atoms with Crippen LogP contribution in [0.25, 0.3) is 0 Å². The SMILES string of the molecule is CCCCCC1CCC(C(=O)C[C@H]2CC[C@H](c3ccc(OCCCC)cc3)CC2)C(=O)C1.CCCCCCCC1CCC(C(=O)C[C@H]2CC[C@H](c3ccc(OCCCC)cc3)CC2)C(=O)C1.CCCCOc1ccc([C@H]2CC[C@H](CC(=O)C3CCC(CC)CC3=O)CC2)cc1.CCCCOc1ccc([C@H]2CC[C@H](CC(=O)C3CCC(CCC)CC3=O)CC2)cc1. The number of rotatable bonds is 45. The molecule has 12 heteroatoms. The predicted octanol–water partition coefficient (Wildman–Crippen LogP) is 29.5. The van der Waals surface area contributed by atoms with Crippen molar-refractivity contribution in [3.05, 3.63) is 119 Å². The summed E-state index contributed by atoms with van der Waals surface area (Å²) < 4.78 is 23.1. The number of ketones is 8. The maximum atomic E-state index is 13.0. The highest BCUT2D eigenvalue weighted by molar-refractivity contribution is 6.05. The van der Waals surface area contributed by atoms with E-state index in [1.807, 2.05) is 0 Å². The molecule has 0 amide bonds. The molecule has 12 rings (SSSR count). The number of unbranched alkanes of at least 4 members (excludes halogenated alkanes) is 10. The van der Waals surface area contributed by atoms with Crippen molar-refractivity contribution in [3.63, 3.8) is 0 Å². The third-order valence-electron chi connectivity index (χ3n) is 30.5. The standard InChI is InChI=1S/C31H48O3.C29H44O3.C27H40O3.C26H38O3/c1-3-5-7-8-9-10-24-13-20-29(30(32)22-24)31(33)23-25-11-14-26(15-12-25)27-16-18-28(19-17-27)34-21-6-4-2;1-3-5-7-8-22-11-18-27(28(30)20-22)29(31)21-23-9-12-24(13-10-23)25-14-16-26(17-15-25)32-19-6-4-2;1-3-5-17-30-24-14-12-23(13-15-24)22-10-7-21(8-11-22)19-27(29)25-16-9-20(6-4-2)18-26(25)28;1-3-5-16-29-23-13-11-22(12-14-23)21-9-6-20(7-10-21)18-26(28)24-15-8-19(4-2)17-25(24)27/h16-19,24-26,29H,3-15,20-23H2,1-2H3;14-17,22-24,27H,3-13,18-21H2,1-2H3;12-15,20-22,25H,3-11,16-19H2,1-2H3;11-14,19-21,24H,3-10,15-18H2,1-2H3/t24?,25-,26-,29?;22?,23-,24-,27?;20?,21-,22-,25?;19?,20-,21-,24?. The zero-order chi connectivity index (χ0) is 88.9. The van der Waals surface area contributed by atoms with Crippen LogP contribution in [0.15, 0.2) is 97.1 Å². The summed E-state index contributed by atoms with van der Waals surface area (Å²) in [6, 6.07) is 34.5. The third kappa shape index (κ3) is 35.3. The smallest absolute Gasteiger partial charge is 0.143 e. The fraction of sp³-hybridized carbons (Fsp3) is 0.717. The molecule has 8 fully saturated rings. The van der Waals surface area contributed by atoms with E-state index >= 15 is 0 Å². The normalized spacial score (nSPS) is 26.5. The first-order chi connectivity index (χ1) is 60.9. The molecule has 0 radical (unpaired) electrons. The van der Waals surface area contributed by atoms with E-state index in [0.717, 1.165) is 281 Å². The van der Waals surface area contributed by atoms with Crippen molar-refractivity contribution in [2.45, 2.75) is 419 Å².